The van der Waals surface area contributed by atoms with E-state index in [0.717, 1.165) is 4.47 Å². The van der Waals surface area contributed by atoms with Crippen LogP contribution in [0.4, 0.5) is 11.5 Å². The van der Waals surface area contributed by atoms with Gasteiger partial charge in [0, 0.05) is 17.7 Å². The van der Waals surface area contributed by atoms with Crippen LogP contribution in [0, 0.1) is 0 Å². The Bertz CT molecular complexity index is 527. The summed E-state index contributed by atoms with van der Waals surface area (Å²) in [5, 5.41) is 8.99. The summed E-state index contributed by atoms with van der Waals surface area (Å²) < 4.78 is 5.35. The van der Waals surface area contributed by atoms with Crippen molar-refractivity contribution in [1.82, 2.24) is 10.1 Å². The zero-order chi connectivity index (χ0) is 12.3. The molecule has 0 bridgehead atoms. The van der Waals surface area contributed by atoms with Crippen molar-refractivity contribution in [1.29, 1.82) is 0 Å². The van der Waals surface area contributed by atoms with Gasteiger partial charge in [0.2, 0.25) is 0 Å². The van der Waals surface area contributed by atoms with Crippen molar-refractivity contribution in [2.24, 2.45) is 0 Å². The fourth-order valence-corrected chi connectivity index (χ4v) is 1.61. The van der Waals surface area contributed by atoms with E-state index in [1.54, 1.807) is 19.3 Å². The molecular weight excluding hydrogens is 288 g/mol. The van der Waals surface area contributed by atoms with E-state index >= 15 is 0 Å². The van der Waals surface area contributed by atoms with Crippen LogP contribution >= 0.6 is 15.9 Å². The van der Waals surface area contributed by atoms with Gasteiger partial charge in [-0.2, -0.15) is 0 Å². The highest BCUT2D eigenvalue weighted by molar-refractivity contribution is 9.10. The molecule has 1 amide bonds. The standard InChI is InChI=1S/C10H9BrN4O2/c1-12-9-8(2-6(11)3-13-9)10(16)15-7-4-14-17-5-7/h2-5H,1H3,(H,12,13)(H,15,16). The molecule has 0 saturated carbocycles. The van der Waals surface area contributed by atoms with Crippen molar-refractivity contribution >= 4 is 33.3 Å². The molecule has 2 rings (SSSR count). The lowest BCUT2D eigenvalue weighted by Crippen LogP contribution is -2.14. The van der Waals surface area contributed by atoms with E-state index in [-0.39, 0.29) is 5.91 Å². The largest absolute Gasteiger partial charge is 0.372 e. The monoisotopic (exact) mass is 296 g/mol. The van der Waals surface area contributed by atoms with Crippen LogP contribution in [0.5, 0.6) is 0 Å². The molecule has 17 heavy (non-hydrogen) atoms. The van der Waals surface area contributed by atoms with Gasteiger partial charge in [-0.25, -0.2) is 4.98 Å². The zero-order valence-electron chi connectivity index (χ0n) is 8.90. The topological polar surface area (TPSA) is 80.0 Å². The Morgan fingerprint density at radius 2 is 2.29 bits per heavy atom. The minimum Gasteiger partial charge on any atom is -0.372 e. The predicted molar refractivity (Wildman–Crippen MR) is 65.9 cm³/mol. The Balaban J connectivity index is 2.26. The quantitative estimate of drug-likeness (QED) is 0.907. The number of halogens is 1. The van der Waals surface area contributed by atoms with E-state index in [2.05, 4.69) is 41.2 Å². The van der Waals surface area contributed by atoms with Crippen molar-refractivity contribution < 1.29 is 9.32 Å². The minimum atomic E-state index is -0.286. The molecule has 0 aliphatic rings. The number of anilines is 2. The fourth-order valence-electron chi connectivity index (χ4n) is 1.28. The second-order valence-corrected chi connectivity index (χ2v) is 4.08. The maximum atomic E-state index is 12.0. The van der Waals surface area contributed by atoms with Gasteiger partial charge in [-0.15, -0.1) is 0 Å². The molecule has 0 radical (unpaired) electrons. The highest BCUT2D eigenvalue weighted by Gasteiger charge is 2.13. The van der Waals surface area contributed by atoms with Crippen LogP contribution < -0.4 is 10.6 Å². The Labute approximate surface area is 106 Å². The van der Waals surface area contributed by atoms with Gasteiger partial charge < -0.3 is 15.2 Å². The molecule has 7 heteroatoms. The summed E-state index contributed by atoms with van der Waals surface area (Å²) in [5.74, 6) is 0.216. The molecule has 0 fully saturated rings. The molecule has 0 spiro atoms. The maximum absolute atomic E-state index is 12.0. The summed E-state index contributed by atoms with van der Waals surface area (Å²) in [5.41, 5.74) is 0.931. The molecule has 0 unspecified atom stereocenters. The molecule has 0 atom stereocenters. The third kappa shape index (κ3) is 2.62. The number of nitrogens with one attached hydrogen (secondary N) is 2. The molecule has 88 valence electrons. The highest BCUT2D eigenvalue weighted by Crippen LogP contribution is 2.19. The number of nitrogens with zero attached hydrogens (tertiary/aromatic N) is 2. The summed E-state index contributed by atoms with van der Waals surface area (Å²) in [4.78, 5) is 16.1. The lowest BCUT2D eigenvalue weighted by Gasteiger charge is -2.07. The molecule has 2 aromatic rings. The molecule has 2 aromatic heterocycles. The SMILES string of the molecule is CNc1ncc(Br)cc1C(=O)Nc1cnoc1. The van der Waals surface area contributed by atoms with Crippen LogP contribution in [0.1, 0.15) is 10.4 Å². The van der Waals surface area contributed by atoms with E-state index in [4.69, 9.17) is 0 Å². The summed E-state index contributed by atoms with van der Waals surface area (Å²) >= 11 is 3.27. The number of rotatable bonds is 3. The normalized spacial score (nSPS) is 10.0. The zero-order valence-corrected chi connectivity index (χ0v) is 10.5. The Hall–Kier alpha value is -1.89. The molecule has 0 aliphatic heterocycles. The number of carbonyl (C=O) groups is 1. The molecule has 0 saturated heterocycles. The van der Waals surface area contributed by atoms with Crippen LogP contribution in [0.25, 0.3) is 0 Å². The summed E-state index contributed by atoms with van der Waals surface area (Å²) in [6.07, 6.45) is 4.38. The first kappa shape index (κ1) is 11.6. The molecule has 6 nitrogen and oxygen atoms in total. The summed E-state index contributed by atoms with van der Waals surface area (Å²) in [6.45, 7) is 0. The predicted octanol–water partition coefficient (Wildman–Crippen LogP) is 2.13. The number of hydrogen-bond donors (Lipinski definition) is 2. The first-order chi connectivity index (χ1) is 8.20. The van der Waals surface area contributed by atoms with E-state index < -0.39 is 0 Å². The van der Waals surface area contributed by atoms with Crippen molar-refractivity contribution in [2.45, 2.75) is 0 Å². The van der Waals surface area contributed by atoms with Crippen LogP contribution in [-0.4, -0.2) is 23.1 Å². The van der Waals surface area contributed by atoms with Gasteiger partial charge in [0.1, 0.15) is 17.8 Å². The van der Waals surface area contributed by atoms with Gasteiger partial charge in [-0.05, 0) is 22.0 Å². The van der Waals surface area contributed by atoms with Gasteiger partial charge in [0.25, 0.3) is 5.91 Å². The van der Waals surface area contributed by atoms with Crippen molar-refractivity contribution in [2.75, 3.05) is 17.7 Å². The number of amides is 1. The van der Waals surface area contributed by atoms with Gasteiger partial charge in [0.05, 0.1) is 11.8 Å². The van der Waals surface area contributed by atoms with E-state index in [1.165, 1.54) is 12.5 Å². The lowest BCUT2D eigenvalue weighted by molar-refractivity contribution is 0.102. The molecule has 0 aromatic carbocycles. The molecule has 2 N–H and O–H groups in total. The Morgan fingerprint density at radius 3 is 2.94 bits per heavy atom. The third-order valence-electron chi connectivity index (χ3n) is 2.03. The first-order valence-electron chi connectivity index (χ1n) is 4.74. The fraction of sp³-hybridized carbons (Fsp3) is 0.100. The number of aromatic nitrogens is 2. The third-order valence-corrected chi connectivity index (χ3v) is 2.46. The average molecular weight is 297 g/mol. The highest BCUT2D eigenvalue weighted by atomic mass is 79.9. The second kappa shape index (κ2) is 4.96. The Morgan fingerprint density at radius 1 is 1.47 bits per heavy atom. The molecule has 2 heterocycles. The number of carbonyl (C=O) groups excluding carboxylic acids is 1. The second-order valence-electron chi connectivity index (χ2n) is 3.17. The van der Waals surface area contributed by atoms with Crippen LogP contribution in [0.3, 0.4) is 0 Å². The van der Waals surface area contributed by atoms with E-state index in [0.29, 0.717) is 17.1 Å². The van der Waals surface area contributed by atoms with Crippen LogP contribution in [-0.2, 0) is 0 Å². The number of hydrogen-bond acceptors (Lipinski definition) is 5. The average Bonchev–Trinajstić information content (AvgIpc) is 2.81. The first-order valence-corrected chi connectivity index (χ1v) is 5.54. The van der Waals surface area contributed by atoms with Crippen molar-refractivity contribution in [3.8, 4) is 0 Å². The van der Waals surface area contributed by atoms with Gasteiger partial charge in [-0.3, -0.25) is 4.79 Å². The lowest BCUT2D eigenvalue weighted by atomic mass is 10.2. The van der Waals surface area contributed by atoms with E-state index in [1.807, 2.05) is 0 Å². The molecular formula is C10H9BrN4O2. The summed E-state index contributed by atoms with van der Waals surface area (Å²) in [7, 11) is 1.70. The van der Waals surface area contributed by atoms with Gasteiger partial charge >= 0.3 is 0 Å². The van der Waals surface area contributed by atoms with Crippen LogP contribution in [0.15, 0.2) is 33.7 Å². The maximum Gasteiger partial charge on any atom is 0.259 e. The minimum absolute atomic E-state index is 0.286. The van der Waals surface area contributed by atoms with E-state index in [9.17, 15) is 4.79 Å². The van der Waals surface area contributed by atoms with Crippen LogP contribution in [0.2, 0.25) is 0 Å². The summed E-state index contributed by atoms with van der Waals surface area (Å²) in [6, 6.07) is 1.68. The van der Waals surface area contributed by atoms with Gasteiger partial charge in [-0.1, -0.05) is 5.16 Å². The molecule has 0 aliphatic carbocycles. The van der Waals surface area contributed by atoms with Crippen molar-refractivity contribution in [3.63, 3.8) is 0 Å². The Kier molecular flexibility index (Phi) is 3.38. The van der Waals surface area contributed by atoms with Crippen molar-refractivity contribution in [3.05, 3.63) is 34.8 Å². The smallest absolute Gasteiger partial charge is 0.259 e. The van der Waals surface area contributed by atoms with Gasteiger partial charge in [0.15, 0.2) is 0 Å². The number of pyridine rings is 1.